The predicted molar refractivity (Wildman–Crippen MR) is 475 cm³/mol. The van der Waals surface area contributed by atoms with Gasteiger partial charge < -0.3 is 89.9 Å². The van der Waals surface area contributed by atoms with E-state index in [0.29, 0.717) is 12.8 Å². The maximum Gasteiger partial charge on any atom is 0.220 e. The molecule has 0 radical (unpaired) electrons. The van der Waals surface area contributed by atoms with E-state index in [1.807, 2.05) is 6.08 Å². The molecular weight excluding hydrogens is 1480 g/mol. The van der Waals surface area contributed by atoms with Crippen LogP contribution in [0.5, 0.6) is 0 Å². The summed E-state index contributed by atoms with van der Waals surface area (Å²) in [4.78, 5) is 13.5. The molecule has 12 N–H and O–H groups in total. The maximum atomic E-state index is 13.5. The van der Waals surface area contributed by atoms with Crippen molar-refractivity contribution >= 4 is 5.91 Å². The van der Waals surface area contributed by atoms with E-state index in [1.54, 1.807) is 6.08 Å². The Hall–Kier alpha value is -3.29. The number of carbonyl (C=O) groups is 1. The summed E-state index contributed by atoms with van der Waals surface area (Å²) in [5.74, 6) is -0.281. The van der Waals surface area contributed by atoms with Crippen LogP contribution in [0.2, 0.25) is 0 Å². The zero-order valence-corrected chi connectivity index (χ0v) is 73.7. The first kappa shape index (κ1) is 108. The van der Waals surface area contributed by atoms with Gasteiger partial charge in [-0.1, -0.05) is 394 Å². The minimum atomic E-state index is -1.98. The van der Waals surface area contributed by atoms with Crippen LogP contribution in [0, 0.1) is 0 Å². The summed E-state index contributed by atoms with van der Waals surface area (Å²) in [6.07, 6.45) is 80.1. The maximum absolute atomic E-state index is 13.5. The largest absolute Gasteiger partial charge is 0.394 e. The van der Waals surface area contributed by atoms with E-state index >= 15 is 0 Å². The summed E-state index contributed by atoms with van der Waals surface area (Å²) in [6, 6.07) is -0.996. The Morgan fingerprint density at radius 3 is 0.957 bits per heavy atom. The van der Waals surface area contributed by atoms with Gasteiger partial charge in [-0.05, 0) is 83.5 Å². The number of carbonyl (C=O) groups excluding carboxylic acids is 1. The third kappa shape index (κ3) is 54.2. The first-order valence-electron chi connectivity index (χ1n) is 48.0. The van der Waals surface area contributed by atoms with E-state index in [0.717, 1.165) is 77.0 Å². The van der Waals surface area contributed by atoms with Gasteiger partial charge >= 0.3 is 0 Å². The second-order valence-corrected chi connectivity index (χ2v) is 33.8. The van der Waals surface area contributed by atoms with Crippen molar-refractivity contribution in [1.82, 2.24) is 5.32 Å². The van der Waals surface area contributed by atoms with E-state index in [1.165, 1.54) is 276 Å². The van der Waals surface area contributed by atoms with Crippen LogP contribution in [0.4, 0.5) is 0 Å². The van der Waals surface area contributed by atoms with Crippen molar-refractivity contribution in [1.29, 1.82) is 0 Å². The van der Waals surface area contributed by atoms with Crippen LogP contribution in [0.1, 0.15) is 386 Å². The van der Waals surface area contributed by atoms with E-state index in [4.69, 9.17) is 28.4 Å². The zero-order chi connectivity index (χ0) is 84.5. The SMILES string of the molecule is CC/C=C\C/C=C\C/C=C\C/C=C\C/C=C\C/C=C\CCCCCCCCCCCCCCCCCCCCCCC(=O)NC(COC1OC(CO)C(OC2OC(CO)C(OC3OC(CO)C(O)C(O)C3O)C(O)C2O)C(O)C1O)C(O)/C=C/CC/C=C/CCCCCCCCCCCCCCCCCCCCCCCCCCCCC. The molecule has 17 unspecified atom stereocenters. The molecule has 3 heterocycles. The molecule has 19 heteroatoms. The van der Waals surface area contributed by atoms with Crippen LogP contribution < -0.4 is 5.32 Å². The Kier molecular flexibility index (Phi) is 70.4. The molecule has 0 saturated carbocycles. The fourth-order valence-corrected chi connectivity index (χ4v) is 15.8. The Bertz CT molecular complexity index is 2490. The molecule has 0 aromatic rings. The number of nitrogens with one attached hydrogen (secondary N) is 1. The highest BCUT2D eigenvalue weighted by atomic mass is 16.8. The van der Waals surface area contributed by atoms with E-state index < -0.39 is 124 Å². The molecule has 3 fully saturated rings. The van der Waals surface area contributed by atoms with E-state index in [9.17, 15) is 61.0 Å². The summed E-state index contributed by atoms with van der Waals surface area (Å²) in [6.45, 7) is 1.66. The highest BCUT2D eigenvalue weighted by Gasteiger charge is 2.54. The predicted octanol–water partition coefficient (Wildman–Crippen LogP) is 19.4. The van der Waals surface area contributed by atoms with Gasteiger partial charge in [0.15, 0.2) is 18.9 Å². The molecule has 0 spiro atoms. The van der Waals surface area contributed by atoms with Crippen LogP contribution in [0.3, 0.4) is 0 Å². The smallest absolute Gasteiger partial charge is 0.220 e. The summed E-state index contributed by atoms with van der Waals surface area (Å²) in [5, 5.41) is 121. The van der Waals surface area contributed by atoms with Gasteiger partial charge in [0.1, 0.15) is 73.2 Å². The number of aliphatic hydroxyl groups is 11. The molecule has 680 valence electrons. The number of aliphatic hydroxyl groups excluding tert-OH is 11. The second kappa shape index (κ2) is 76.4. The Balaban J connectivity index is 1.31. The minimum absolute atomic E-state index is 0.235. The van der Waals surface area contributed by atoms with Crippen molar-refractivity contribution in [3.8, 4) is 0 Å². The molecule has 17 atom stereocenters. The third-order valence-corrected chi connectivity index (χ3v) is 23.4. The van der Waals surface area contributed by atoms with Gasteiger partial charge in [-0.15, -0.1) is 0 Å². The quantitative estimate of drug-likeness (QED) is 0.0199. The lowest BCUT2D eigenvalue weighted by Gasteiger charge is -2.48. The molecule has 0 aromatic carbocycles. The van der Waals surface area contributed by atoms with Gasteiger partial charge in [0.2, 0.25) is 5.91 Å². The highest BCUT2D eigenvalue weighted by molar-refractivity contribution is 5.76. The van der Waals surface area contributed by atoms with Gasteiger partial charge in [-0.3, -0.25) is 4.79 Å². The summed E-state index contributed by atoms with van der Waals surface area (Å²) < 4.78 is 34.5. The van der Waals surface area contributed by atoms with Gasteiger partial charge in [0.05, 0.1) is 38.6 Å². The van der Waals surface area contributed by atoms with Crippen LogP contribution >= 0.6 is 0 Å². The Morgan fingerprint density at radius 1 is 0.316 bits per heavy atom. The van der Waals surface area contributed by atoms with Crippen molar-refractivity contribution in [2.45, 2.75) is 491 Å². The molecule has 3 aliphatic heterocycles. The number of hydrogen-bond donors (Lipinski definition) is 12. The van der Waals surface area contributed by atoms with Gasteiger partial charge in [-0.2, -0.15) is 0 Å². The third-order valence-electron chi connectivity index (χ3n) is 23.4. The van der Waals surface area contributed by atoms with Crippen molar-refractivity contribution in [3.63, 3.8) is 0 Å². The molecule has 3 rings (SSSR count). The molecule has 117 heavy (non-hydrogen) atoms. The van der Waals surface area contributed by atoms with Gasteiger partial charge in [-0.25, -0.2) is 0 Å². The number of allylic oxidation sites excluding steroid dienone is 15. The first-order valence-corrected chi connectivity index (χ1v) is 48.0. The Morgan fingerprint density at radius 2 is 0.598 bits per heavy atom. The van der Waals surface area contributed by atoms with Crippen molar-refractivity contribution in [2.24, 2.45) is 0 Å². The molecule has 0 aromatic heterocycles. The van der Waals surface area contributed by atoms with Gasteiger partial charge in [0.25, 0.3) is 0 Å². The lowest BCUT2D eigenvalue weighted by molar-refractivity contribution is -0.379. The zero-order valence-electron chi connectivity index (χ0n) is 73.7. The molecular formula is C98H175NO18. The lowest BCUT2D eigenvalue weighted by atomic mass is 9.96. The Labute approximate surface area is 711 Å². The molecule has 3 saturated heterocycles. The number of ether oxygens (including phenoxy) is 6. The molecule has 0 aliphatic carbocycles. The van der Waals surface area contributed by atoms with Crippen molar-refractivity contribution in [2.75, 3.05) is 26.4 Å². The average molecular weight is 1660 g/mol. The summed E-state index contributed by atoms with van der Waals surface area (Å²) in [7, 11) is 0. The van der Waals surface area contributed by atoms with Crippen molar-refractivity contribution < 1.29 is 89.4 Å². The molecule has 19 nitrogen and oxygen atoms in total. The first-order chi connectivity index (χ1) is 57.3. The molecule has 1 amide bonds. The summed E-state index contributed by atoms with van der Waals surface area (Å²) >= 11 is 0. The van der Waals surface area contributed by atoms with Crippen LogP contribution in [-0.2, 0) is 33.2 Å². The monoisotopic (exact) mass is 1650 g/mol. The van der Waals surface area contributed by atoms with E-state index in [-0.39, 0.29) is 18.9 Å². The van der Waals surface area contributed by atoms with Crippen molar-refractivity contribution in [3.05, 3.63) is 97.2 Å². The normalized spacial score (nSPS) is 24.8. The highest BCUT2D eigenvalue weighted by Crippen LogP contribution is 2.34. The average Bonchev–Trinajstić information content (AvgIpc) is 0.777. The number of rotatable bonds is 78. The van der Waals surface area contributed by atoms with E-state index in [2.05, 4.69) is 104 Å². The fraction of sp³-hybridized carbons (Fsp3) is 0.827. The standard InChI is InChI=1S/C98H175NO18/c1-3-5-7-9-11-13-15-17-19-21-23-25-27-29-31-33-35-37-38-39-40-41-42-44-46-48-50-52-54-56-58-60-62-64-66-68-70-72-74-76-86(104)99-81(82(103)75-73-71-69-67-65-63-61-59-57-55-53-51-49-47-45-43-36-34-32-30-28-26-24-22-20-18-16-14-12-10-8-6-4-2)80-112-96-92(110)89(107)94(84(78-101)114-96)117-98-93(111)90(108)95(85(79-102)115-98)116-97-91(109)88(106)87(105)83(77-100)113-97/h5,7,11,13,17,19,23,25,29,31,35,37,65,67,73,75,81-85,87-98,100-103,105-111H,3-4,6,8-10,12,14-16,18,20-22,24,26-28,30,32-34,36,38-64,66,68-72,74,76-80H2,1-2H3,(H,99,104)/b7-5-,13-11-,19-17-,25-23-,31-29-,37-35-,67-65+,75-73+. The molecule has 3 aliphatic rings. The van der Waals surface area contributed by atoms with Crippen LogP contribution in [-0.4, -0.2) is 193 Å². The summed E-state index contributed by atoms with van der Waals surface area (Å²) in [5.41, 5.74) is 0. The second-order valence-electron chi connectivity index (χ2n) is 33.8. The topological polar surface area (TPSA) is 307 Å². The number of unbranched alkanes of at least 4 members (excludes halogenated alkanes) is 48. The molecule has 0 bridgehead atoms. The lowest BCUT2D eigenvalue weighted by Crippen LogP contribution is -2.66. The van der Waals surface area contributed by atoms with Gasteiger partial charge in [0, 0.05) is 6.42 Å². The van der Waals surface area contributed by atoms with Crippen LogP contribution in [0.15, 0.2) is 97.2 Å². The number of amides is 1. The minimum Gasteiger partial charge on any atom is -0.394 e. The van der Waals surface area contributed by atoms with Crippen LogP contribution in [0.25, 0.3) is 0 Å². The fourth-order valence-electron chi connectivity index (χ4n) is 15.8. The number of hydrogen-bond acceptors (Lipinski definition) is 18.